The highest BCUT2D eigenvalue weighted by molar-refractivity contribution is 7.56. The number of anilines is 1. The van der Waals surface area contributed by atoms with Gasteiger partial charge in [0, 0.05) is 26.9 Å². The highest BCUT2D eigenvalue weighted by Gasteiger charge is 2.17. The molecule has 1 unspecified atom stereocenters. The summed E-state index contributed by atoms with van der Waals surface area (Å²) in [7, 11) is -1.47. The number of benzene rings is 1. The van der Waals surface area contributed by atoms with E-state index in [1.165, 1.54) is 38.0 Å². The topological polar surface area (TPSA) is 134 Å². The molecule has 2 aromatic rings. The van der Waals surface area contributed by atoms with E-state index in [1.807, 2.05) is 5.48 Å². The third kappa shape index (κ3) is 5.61. The molecular formula is C13H18FN6O4P. The van der Waals surface area contributed by atoms with E-state index in [0.717, 1.165) is 0 Å². The van der Waals surface area contributed by atoms with Crippen molar-refractivity contribution in [3.05, 3.63) is 35.8 Å². The van der Waals surface area contributed by atoms with Crippen LogP contribution in [0.4, 0.5) is 15.9 Å². The van der Waals surface area contributed by atoms with Crippen molar-refractivity contribution in [2.45, 2.75) is 0 Å². The second-order valence-corrected chi connectivity index (χ2v) is 7.25. The van der Waals surface area contributed by atoms with E-state index in [1.54, 1.807) is 0 Å². The lowest BCUT2D eigenvalue weighted by Gasteiger charge is -2.12. The van der Waals surface area contributed by atoms with Crippen molar-refractivity contribution in [2.24, 2.45) is 4.99 Å². The van der Waals surface area contributed by atoms with Crippen LogP contribution in [-0.2, 0) is 9.09 Å². The van der Waals surface area contributed by atoms with Crippen molar-refractivity contribution < 1.29 is 23.3 Å². The second-order valence-electron chi connectivity index (χ2n) is 4.87. The minimum Gasteiger partial charge on any atom is -0.364 e. The van der Waals surface area contributed by atoms with E-state index in [0.29, 0.717) is 18.8 Å². The van der Waals surface area contributed by atoms with E-state index in [9.17, 15) is 14.2 Å². The Bertz CT molecular complexity index is 766. The molecule has 1 heterocycles. The second kappa shape index (κ2) is 8.67. The SMILES string of the molecule is COP(C)(=O)NCCNc1nonc1C(=Nc1ccc(F)cc1)NO. The third-order valence-electron chi connectivity index (χ3n) is 3.05. The summed E-state index contributed by atoms with van der Waals surface area (Å²) >= 11 is 0. The predicted molar refractivity (Wildman–Crippen MR) is 88.8 cm³/mol. The van der Waals surface area contributed by atoms with Gasteiger partial charge >= 0.3 is 0 Å². The normalized spacial score (nSPS) is 14.2. The smallest absolute Gasteiger partial charge is 0.266 e. The van der Waals surface area contributed by atoms with E-state index < -0.39 is 13.3 Å². The molecule has 10 nitrogen and oxygen atoms in total. The van der Waals surface area contributed by atoms with Crippen LogP contribution in [0.5, 0.6) is 0 Å². The number of rotatable bonds is 8. The lowest BCUT2D eigenvalue weighted by Crippen LogP contribution is -2.24. The van der Waals surface area contributed by atoms with Crippen LogP contribution in [0.3, 0.4) is 0 Å². The molecular weight excluding hydrogens is 354 g/mol. The van der Waals surface area contributed by atoms with Crippen molar-refractivity contribution >= 4 is 24.9 Å². The first-order valence-electron chi connectivity index (χ1n) is 7.14. The highest BCUT2D eigenvalue weighted by Crippen LogP contribution is 2.35. The maximum Gasteiger partial charge on any atom is 0.266 e. The Hall–Kier alpha value is -2.33. The summed E-state index contributed by atoms with van der Waals surface area (Å²) in [4.78, 5) is 4.11. The monoisotopic (exact) mass is 372 g/mol. The Kier molecular flexibility index (Phi) is 6.59. The van der Waals surface area contributed by atoms with Gasteiger partial charge in [0.1, 0.15) is 5.82 Å². The van der Waals surface area contributed by atoms with E-state index in [4.69, 9.17) is 4.52 Å². The number of aromatic nitrogens is 2. The minimum atomic E-state index is -2.82. The number of aliphatic imine (C=N–C) groups is 1. The minimum absolute atomic E-state index is 0.0404. The Morgan fingerprint density at radius 1 is 1.36 bits per heavy atom. The summed E-state index contributed by atoms with van der Waals surface area (Å²) in [5, 5.41) is 22.3. The van der Waals surface area contributed by atoms with Gasteiger partial charge in [-0.05, 0) is 34.6 Å². The Morgan fingerprint density at radius 2 is 2.08 bits per heavy atom. The number of hydrogen-bond donors (Lipinski definition) is 4. The van der Waals surface area contributed by atoms with Gasteiger partial charge < -0.3 is 9.84 Å². The fourth-order valence-corrected chi connectivity index (χ4v) is 2.39. The van der Waals surface area contributed by atoms with Crippen molar-refractivity contribution in [1.82, 2.24) is 20.9 Å². The van der Waals surface area contributed by atoms with Crippen LogP contribution in [0, 0.1) is 5.82 Å². The maximum atomic E-state index is 12.9. The maximum absolute atomic E-state index is 12.9. The molecule has 0 radical (unpaired) electrons. The van der Waals surface area contributed by atoms with Gasteiger partial charge in [0.25, 0.3) is 7.52 Å². The predicted octanol–water partition coefficient (Wildman–Crippen LogP) is 1.74. The first-order chi connectivity index (χ1) is 11.9. The van der Waals surface area contributed by atoms with Crippen molar-refractivity contribution in [3.63, 3.8) is 0 Å². The molecule has 1 atom stereocenters. The number of hydrogen-bond acceptors (Lipinski definition) is 8. The van der Waals surface area contributed by atoms with Crippen LogP contribution in [-0.4, -0.2) is 48.2 Å². The zero-order chi connectivity index (χ0) is 18.3. The van der Waals surface area contributed by atoms with Gasteiger partial charge in [-0.25, -0.2) is 19.1 Å². The number of hydroxylamine groups is 1. The lowest BCUT2D eigenvalue weighted by atomic mass is 10.3. The Balaban J connectivity index is 2.05. The van der Waals surface area contributed by atoms with Gasteiger partial charge in [0.05, 0.1) is 5.69 Å². The third-order valence-corrected chi connectivity index (χ3v) is 4.55. The molecule has 0 bridgehead atoms. The zero-order valence-electron chi connectivity index (χ0n) is 13.6. The van der Waals surface area contributed by atoms with Crippen LogP contribution in [0.1, 0.15) is 5.69 Å². The first-order valence-corrected chi connectivity index (χ1v) is 9.22. The summed E-state index contributed by atoms with van der Waals surface area (Å²) in [5.41, 5.74) is 2.42. The molecule has 0 saturated heterocycles. The standard InChI is InChI=1S/C13H18FN6O4P/c1-23-25(2,22)16-8-7-15-12-11(19-24-20-12)13(18-21)17-10-5-3-9(14)4-6-10/h3-6,21H,7-8H2,1-2H3,(H,15,20)(H,16,22)(H,17,18). The van der Waals surface area contributed by atoms with Gasteiger partial charge in [0.2, 0.25) is 5.82 Å². The van der Waals surface area contributed by atoms with Crippen LogP contribution >= 0.6 is 7.52 Å². The van der Waals surface area contributed by atoms with Gasteiger partial charge in [-0.3, -0.25) is 15.3 Å². The Labute approximate surface area is 142 Å². The molecule has 0 saturated carbocycles. The van der Waals surface area contributed by atoms with Gasteiger partial charge in [-0.1, -0.05) is 0 Å². The van der Waals surface area contributed by atoms with Crippen molar-refractivity contribution in [1.29, 1.82) is 0 Å². The fraction of sp³-hybridized carbons (Fsp3) is 0.308. The summed E-state index contributed by atoms with van der Waals surface area (Å²) in [5.74, 6) is -0.228. The molecule has 0 aliphatic carbocycles. The molecule has 25 heavy (non-hydrogen) atoms. The molecule has 136 valence electrons. The van der Waals surface area contributed by atoms with Crippen LogP contribution < -0.4 is 15.9 Å². The number of amidine groups is 1. The van der Waals surface area contributed by atoms with Gasteiger partial charge in [-0.2, -0.15) is 0 Å². The first kappa shape index (κ1) is 19.0. The summed E-state index contributed by atoms with van der Waals surface area (Å²) in [6.45, 7) is 2.11. The van der Waals surface area contributed by atoms with E-state index >= 15 is 0 Å². The quantitative estimate of drug-likeness (QED) is 0.180. The molecule has 0 aliphatic heterocycles. The summed E-state index contributed by atoms with van der Waals surface area (Å²) in [6.07, 6.45) is 0. The molecule has 1 aromatic heterocycles. The summed E-state index contributed by atoms with van der Waals surface area (Å²) in [6, 6.07) is 5.33. The van der Waals surface area contributed by atoms with Crippen LogP contribution in [0.15, 0.2) is 33.9 Å². The van der Waals surface area contributed by atoms with E-state index in [-0.39, 0.29) is 17.3 Å². The molecule has 0 spiro atoms. The molecule has 1 aromatic carbocycles. The van der Waals surface area contributed by atoms with Gasteiger partial charge in [-0.15, -0.1) is 0 Å². The van der Waals surface area contributed by atoms with Crippen molar-refractivity contribution in [3.8, 4) is 0 Å². The van der Waals surface area contributed by atoms with Gasteiger partial charge in [0.15, 0.2) is 11.5 Å². The molecule has 0 amide bonds. The highest BCUT2D eigenvalue weighted by atomic mass is 31.2. The molecule has 4 N–H and O–H groups in total. The average Bonchev–Trinajstić information content (AvgIpc) is 3.06. The number of halogens is 1. The van der Waals surface area contributed by atoms with Crippen molar-refractivity contribution in [2.75, 3.05) is 32.2 Å². The van der Waals surface area contributed by atoms with Crippen LogP contribution in [0.25, 0.3) is 0 Å². The number of nitrogens with zero attached hydrogens (tertiary/aromatic N) is 3. The summed E-state index contributed by atoms with van der Waals surface area (Å²) < 4.78 is 34.1. The molecule has 0 aliphatic rings. The average molecular weight is 372 g/mol. The number of nitrogens with one attached hydrogen (secondary N) is 3. The lowest BCUT2D eigenvalue weighted by molar-refractivity contribution is 0.234. The van der Waals surface area contributed by atoms with Crippen LogP contribution in [0.2, 0.25) is 0 Å². The molecule has 12 heteroatoms. The Morgan fingerprint density at radius 3 is 2.72 bits per heavy atom. The van der Waals surface area contributed by atoms with E-state index in [2.05, 4.69) is 30.3 Å². The largest absolute Gasteiger partial charge is 0.364 e. The zero-order valence-corrected chi connectivity index (χ0v) is 14.5. The fourth-order valence-electron chi connectivity index (χ4n) is 1.74. The molecule has 2 rings (SSSR count). The molecule has 0 fully saturated rings.